The number of hydrogen-bond acceptors (Lipinski definition) is 4. The first-order valence-corrected chi connectivity index (χ1v) is 9.99. The largest absolute Gasteiger partial charge is 0.325 e. The van der Waals surface area contributed by atoms with Crippen LogP contribution in [0.1, 0.15) is 30.0 Å². The third kappa shape index (κ3) is 5.91. The molecule has 0 aromatic heterocycles. The fourth-order valence-corrected chi connectivity index (χ4v) is 3.56. The fraction of sp³-hybridized carbons (Fsp3) is 0.391. The molecule has 0 bridgehead atoms. The smallest absolute Gasteiger partial charge is 0.238 e. The van der Waals surface area contributed by atoms with Gasteiger partial charge in [-0.25, -0.2) is 0 Å². The van der Waals surface area contributed by atoms with Gasteiger partial charge in [-0.15, -0.1) is 0 Å². The van der Waals surface area contributed by atoms with Crippen LogP contribution in [0.5, 0.6) is 0 Å². The van der Waals surface area contributed by atoms with Gasteiger partial charge >= 0.3 is 0 Å². The van der Waals surface area contributed by atoms with Gasteiger partial charge in [-0.05, 0) is 61.3 Å². The Balaban J connectivity index is 1.47. The Hall–Kier alpha value is -2.68. The Kier molecular flexibility index (Phi) is 7.18. The highest BCUT2D eigenvalue weighted by atomic mass is 16.2. The summed E-state index contributed by atoms with van der Waals surface area (Å²) in [4.78, 5) is 17.1. The first-order valence-electron chi connectivity index (χ1n) is 9.99. The van der Waals surface area contributed by atoms with Gasteiger partial charge in [0.2, 0.25) is 5.91 Å². The fourth-order valence-electron chi connectivity index (χ4n) is 3.56. The van der Waals surface area contributed by atoms with Crippen molar-refractivity contribution in [3.05, 3.63) is 65.2 Å². The van der Waals surface area contributed by atoms with Crippen LogP contribution in [0.3, 0.4) is 0 Å². The average molecular weight is 377 g/mol. The molecule has 5 heteroatoms. The van der Waals surface area contributed by atoms with Crippen LogP contribution in [0, 0.1) is 11.3 Å². The van der Waals surface area contributed by atoms with Gasteiger partial charge in [-0.2, -0.15) is 5.26 Å². The van der Waals surface area contributed by atoms with Crippen molar-refractivity contribution in [2.24, 2.45) is 0 Å². The molecule has 1 saturated heterocycles. The van der Waals surface area contributed by atoms with E-state index < -0.39 is 0 Å². The molecule has 1 amide bonds. The van der Waals surface area contributed by atoms with Crippen LogP contribution in [0.2, 0.25) is 0 Å². The first kappa shape index (κ1) is 20.1. The molecule has 0 saturated carbocycles. The molecule has 2 aromatic carbocycles. The maximum atomic E-state index is 12.4. The predicted molar refractivity (Wildman–Crippen MR) is 112 cm³/mol. The highest BCUT2D eigenvalue weighted by Gasteiger charge is 2.17. The molecule has 1 fully saturated rings. The number of aryl methyl sites for hydroxylation is 1. The second kappa shape index (κ2) is 10.0. The van der Waals surface area contributed by atoms with Crippen molar-refractivity contribution in [1.29, 1.82) is 5.26 Å². The molecule has 1 N–H and O–H groups in total. The van der Waals surface area contributed by atoms with Gasteiger partial charge in [0.05, 0.1) is 18.2 Å². The lowest BCUT2D eigenvalue weighted by molar-refractivity contribution is -0.117. The van der Waals surface area contributed by atoms with Gasteiger partial charge < -0.3 is 5.32 Å². The number of amides is 1. The van der Waals surface area contributed by atoms with E-state index in [4.69, 9.17) is 5.26 Å². The first-order chi connectivity index (χ1) is 13.7. The summed E-state index contributed by atoms with van der Waals surface area (Å²) in [6.07, 6.45) is 2.01. The summed E-state index contributed by atoms with van der Waals surface area (Å²) >= 11 is 0. The third-order valence-electron chi connectivity index (χ3n) is 5.16. The number of hydrogen-bond donors (Lipinski definition) is 1. The molecule has 28 heavy (non-hydrogen) atoms. The zero-order valence-corrected chi connectivity index (χ0v) is 16.5. The highest BCUT2D eigenvalue weighted by molar-refractivity contribution is 5.92. The highest BCUT2D eigenvalue weighted by Crippen LogP contribution is 2.13. The normalized spacial score (nSPS) is 15.6. The number of nitrogens with one attached hydrogen (secondary N) is 1. The van der Waals surface area contributed by atoms with Crippen molar-refractivity contribution in [3.63, 3.8) is 0 Å². The molecule has 146 valence electrons. The second-order valence-corrected chi connectivity index (χ2v) is 7.32. The zero-order valence-electron chi connectivity index (χ0n) is 16.5. The summed E-state index contributed by atoms with van der Waals surface area (Å²) in [6, 6.07) is 18.0. The second-order valence-electron chi connectivity index (χ2n) is 7.32. The molecule has 0 spiro atoms. The number of nitrogens with zero attached hydrogens (tertiary/aromatic N) is 3. The van der Waals surface area contributed by atoms with E-state index in [1.54, 1.807) is 0 Å². The molecule has 0 unspecified atom stereocenters. The van der Waals surface area contributed by atoms with Crippen molar-refractivity contribution in [1.82, 2.24) is 9.80 Å². The van der Waals surface area contributed by atoms with Crippen LogP contribution in [0.15, 0.2) is 48.5 Å². The molecule has 5 nitrogen and oxygen atoms in total. The lowest BCUT2D eigenvalue weighted by Crippen LogP contribution is -2.36. The maximum Gasteiger partial charge on any atom is 0.238 e. The monoisotopic (exact) mass is 376 g/mol. The minimum absolute atomic E-state index is 0.0498. The number of carbonyl (C=O) groups excluding carboxylic acids is 1. The van der Waals surface area contributed by atoms with Gasteiger partial charge in [-0.3, -0.25) is 14.6 Å². The van der Waals surface area contributed by atoms with Crippen molar-refractivity contribution < 1.29 is 4.79 Å². The number of anilines is 1. The van der Waals surface area contributed by atoms with Crippen LogP contribution in [0.25, 0.3) is 0 Å². The molecule has 1 heterocycles. The van der Waals surface area contributed by atoms with Crippen LogP contribution < -0.4 is 5.32 Å². The predicted octanol–water partition coefficient (Wildman–Crippen LogP) is 3.27. The SMILES string of the molecule is CCc1cccc(NC(=O)CN2CCCN(Cc3ccc(C#N)cc3)CC2)c1. The lowest BCUT2D eigenvalue weighted by atomic mass is 10.1. The Morgan fingerprint density at radius 1 is 1.04 bits per heavy atom. The molecule has 0 aliphatic carbocycles. The Labute approximate surface area is 167 Å². The third-order valence-corrected chi connectivity index (χ3v) is 5.16. The molecule has 2 aromatic rings. The van der Waals surface area contributed by atoms with Crippen LogP contribution >= 0.6 is 0 Å². The van der Waals surface area contributed by atoms with E-state index in [-0.39, 0.29) is 5.91 Å². The lowest BCUT2D eigenvalue weighted by Gasteiger charge is -2.21. The van der Waals surface area contributed by atoms with Gasteiger partial charge in [0.1, 0.15) is 0 Å². The van der Waals surface area contributed by atoms with Crippen molar-refractivity contribution in [3.8, 4) is 6.07 Å². The maximum absolute atomic E-state index is 12.4. The number of benzene rings is 2. The minimum atomic E-state index is 0.0498. The Bertz CT molecular complexity index is 825. The Morgan fingerprint density at radius 3 is 2.54 bits per heavy atom. The van der Waals surface area contributed by atoms with Gasteiger partial charge in [0.15, 0.2) is 0 Å². The van der Waals surface area contributed by atoms with E-state index in [0.717, 1.165) is 51.3 Å². The summed E-state index contributed by atoms with van der Waals surface area (Å²) in [5.41, 5.74) is 4.02. The topological polar surface area (TPSA) is 59.4 Å². The molecule has 3 rings (SSSR count). The van der Waals surface area contributed by atoms with E-state index in [2.05, 4.69) is 34.2 Å². The van der Waals surface area contributed by atoms with E-state index in [0.29, 0.717) is 12.1 Å². The van der Waals surface area contributed by atoms with Gasteiger partial charge in [0.25, 0.3) is 0 Å². The standard InChI is InChI=1S/C23H28N4O/c1-2-19-5-3-6-22(15-19)25-23(28)18-27-12-4-11-26(13-14-27)17-21-9-7-20(16-24)8-10-21/h3,5-10,15H,2,4,11-14,17-18H2,1H3,(H,25,28). The van der Waals surface area contributed by atoms with Crippen LogP contribution in [-0.2, 0) is 17.8 Å². The van der Waals surface area contributed by atoms with Crippen molar-refractivity contribution >= 4 is 11.6 Å². The van der Waals surface area contributed by atoms with Gasteiger partial charge in [0, 0.05) is 25.3 Å². The van der Waals surface area contributed by atoms with Gasteiger partial charge in [-0.1, -0.05) is 31.2 Å². The number of carbonyl (C=O) groups is 1. The quantitative estimate of drug-likeness (QED) is 0.841. The van der Waals surface area contributed by atoms with E-state index in [9.17, 15) is 4.79 Å². The summed E-state index contributed by atoms with van der Waals surface area (Å²) in [5, 5.41) is 11.9. The number of nitriles is 1. The van der Waals surface area contributed by atoms with Crippen LogP contribution in [-0.4, -0.2) is 48.4 Å². The summed E-state index contributed by atoms with van der Waals surface area (Å²) < 4.78 is 0. The summed E-state index contributed by atoms with van der Waals surface area (Å²) in [5.74, 6) is 0.0498. The minimum Gasteiger partial charge on any atom is -0.325 e. The molecule has 0 radical (unpaired) electrons. The molecule has 0 atom stereocenters. The van der Waals surface area contributed by atoms with Crippen molar-refractivity contribution in [2.45, 2.75) is 26.3 Å². The molecular weight excluding hydrogens is 348 g/mol. The van der Waals surface area contributed by atoms with E-state index >= 15 is 0 Å². The van der Waals surface area contributed by atoms with E-state index in [1.807, 2.05) is 42.5 Å². The van der Waals surface area contributed by atoms with Crippen LogP contribution in [0.4, 0.5) is 5.69 Å². The Morgan fingerprint density at radius 2 is 1.79 bits per heavy atom. The number of rotatable bonds is 6. The average Bonchev–Trinajstić information content (AvgIpc) is 2.93. The summed E-state index contributed by atoms with van der Waals surface area (Å²) in [7, 11) is 0. The zero-order chi connectivity index (χ0) is 19.8. The molecule has 1 aliphatic heterocycles. The van der Waals surface area contributed by atoms with Crippen molar-refractivity contribution in [2.75, 3.05) is 38.0 Å². The summed E-state index contributed by atoms with van der Waals surface area (Å²) in [6.45, 7) is 7.22. The molecule has 1 aliphatic rings. The molecular formula is C23H28N4O. The van der Waals surface area contributed by atoms with E-state index in [1.165, 1.54) is 11.1 Å².